The van der Waals surface area contributed by atoms with E-state index < -0.39 is 67.3 Å². The van der Waals surface area contributed by atoms with Gasteiger partial charge in [-0.1, -0.05) is 199 Å². The number of unbranched alkanes of at least 4 members (excludes halogenated alkanes) is 30. The Kier molecular flexibility index (Phi) is 43.1. The number of allylic oxidation sites excluding steroid dienone is 4. The molecular formula is C57H102O12. The van der Waals surface area contributed by atoms with E-state index in [1.165, 1.54) is 103 Å². The molecule has 0 saturated carbocycles. The minimum Gasteiger partial charge on any atom is -0.479 e. The Bertz CT molecular complexity index is 1300. The van der Waals surface area contributed by atoms with Gasteiger partial charge >= 0.3 is 23.9 Å². The van der Waals surface area contributed by atoms with Gasteiger partial charge in [-0.2, -0.15) is 0 Å². The van der Waals surface area contributed by atoms with Crippen molar-refractivity contribution in [3.8, 4) is 0 Å². The first kappa shape index (κ1) is 64.2. The molecule has 6 atom stereocenters. The lowest BCUT2D eigenvalue weighted by atomic mass is 9.98. The van der Waals surface area contributed by atoms with Crippen molar-refractivity contribution in [2.24, 2.45) is 0 Å². The van der Waals surface area contributed by atoms with Gasteiger partial charge in [-0.05, 0) is 70.6 Å². The van der Waals surface area contributed by atoms with E-state index in [-0.39, 0.29) is 25.9 Å². The second kappa shape index (κ2) is 46.3. The van der Waals surface area contributed by atoms with Crippen molar-refractivity contribution in [3.63, 3.8) is 0 Å². The fourth-order valence-electron chi connectivity index (χ4n) is 8.59. The molecule has 69 heavy (non-hydrogen) atoms. The SMILES string of the molecule is CCCCCC/C=C\CCCCCCCC(=O)OC(COC(=O)CCCCCCC/C=C\CCCCCCCC)COC1OC(C(=O)O)C(O)C(O)C1OC(=O)CCCCCCCCCCCCC. The number of aliphatic hydroxyl groups excluding tert-OH is 2. The Morgan fingerprint density at radius 2 is 0.826 bits per heavy atom. The highest BCUT2D eigenvalue weighted by Crippen LogP contribution is 2.26. The van der Waals surface area contributed by atoms with E-state index >= 15 is 0 Å². The fourth-order valence-corrected chi connectivity index (χ4v) is 8.59. The van der Waals surface area contributed by atoms with E-state index in [0.29, 0.717) is 19.3 Å². The molecule has 0 aliphatic carbocycles. The van der Waals surface area contributed by atoms with Crippen LogP contribution in [0.1, 0.15) is 265 Å². The molecule has 1 fully saturated rings. The molecule has 0 bridgehead atoms. The van der Waals surface area contributed by atoms with Crippen molar-refractivity contribution in [1.82, 2.24) is 0 Å². The van der Waals surface area contributed by atoms with E-state index in [1.54, 1.807) is 0 Å². The van der Waals surface area contributed by atoms with E-state index in [9.17, 15) is 34.5 Å². The summed E-state index contributed by atoms with van der Waals surface area (Å²) >= 11 is 0. The van der Waals surface area contributed by atoms with Gasteiger partial charge in [0.2, 0.25) is 0 Å². The zero-order chi connectivity index (χ0) is 50.4. The molecule has 0 amide bonds. The number of carbonyl (C=O) groups excluding carboxylic acids is 3. The van der Waals surface area contributed by atoms with Gasteiger partial charge in [0.05, 0.1) is 6.61 Å². The first-order valence-corrected chi connectivity index (χ1v) is 28.3. The lowest BCUT2D eigenvalue weighted by Gasteiger charge is -2.40. The molecule has 1 saturated heterocycles. The average molecular weight is 979 g/mol. The van der Waals surface area contributed by atoms with Crippen molar-refractivity contribution in [3.05, 3.63) is 24.3 Å². The summed E-state index contributed by atoms with van der Waals surface area (Å²) in [6.07, 6.45) is 38.7. The third-order valence-corrected chi connectivity index (χ3v) is 13.0. The highest BCUT2D eigenvalue weighted by molar-refractivity contribution is 5.74. The van der Waals surface area contributed by atoms with Crippen LogP contribution < -0.4 is 0 Å². The summed E-state index contributed by atoms with van der Waals surface area (Å²) in [5.74, 6) is -3.12. The summed E-state index contributed by atoms with van der Waals surface area (Å²) in [6, 6.07) is 0. The Morgan fingerprint density at radius 3 is 1.25 bits per heavy atom. The average Bonchev–Trinajstić information content (AvgIpc) is 3.33. The summed E-state index contributed by atoms with van der Waals surface area (Å²) in [7, 11) is 0. The predicted octanol–water partition coefficient (Wildman–Crippen LogP) is 13.9. The van der Waals surface area contributed by atoms with Crippen molar-refractivity contribution in [1.29, 1.82) is 0 Å². The number of carbonyl (C=O) groups is 4. The quantitative estimate of drug-likeness (QED) is 0.0228. The highest BCUT2D eigenvalue weighted by Gasteiger charge is 2.50. The second-order valence-corrected chi connectivity index (χ2v) is 19.6. The zero-order valence-electron chi connectivity index (χ0n) is 44.1. The van der Waals surface area contributed by atoms with E-state index in [0.717, 1.165) is 103 Å². The molecule has 1 aliphatic heterocycles. The molecule has 0 aromatic carbocycles. The molecule has 1 rings (SSSR count). The van der Waals surface area contributed by atoms with Crippen LogP contribution in [0.15, 0.2) is 24.3 Å². The van der Waals surface area contributed by atoms with Crippen molar-refractivity contribution in [2.45, 2.75) is 302 Å². The van der Waals surface area contributed by atoms with Crippen molar-refractivity contribution >= 4 is 23.9 Å². The molecule has 1 aliphatic rings. The van der Waals surface area contributed by atoms with Gasteiger partial charge in [0.1, 0.15) is 18.8 Å². The Labute approximate surface area is 419 Å². The van der Waals surface area contributed by atoms with Gasteiger partial charge < -0.3 is 39.0 Å². The maximum atomic E-state index is 13.1. The van der Waals surface area contributed by atoms with Crippen molar-refractivity contribution < 1.29 is 58.2 Å². The lowest BCUT2D eigenvalue weighted by Crippen LogP contribution is -2.61. The summed E-state index contributed by atoms with van der Waals surface area (Å²) in [5.41, 5.74) is 0. The van der Waals surface area contributed by atoms with Crippen LogP contribution in [-0.2, 0) is 42.9 Å². The predicted molar refractivity (Wildman–Crippen MR) is 276 cm³/mol. The van der Waals surface area contributed by atoms with E-state index in [1.807, 2.05) is 0 Å². The molecule has 0 aromatic rings. The third-order valence-electron chi connectivity index (χ3n) is 13.0. The summed E-state index contributed by atoms with van der Waals surface area (Å²) in [5, 5.41) is 31.4. The van der Waals surface area contributed by atoms with Crippen LogP contribution in [0, 0.1) is 0 Å². The molecule has 0 radical (unpaired) electrons. The monoisotopic (exact) mass is 979 g/mol. The van der Waals surface area contributed by atoms with E-state index in [2.05, 4.69) is 45.1 Å². The molecule has 12 nitrogen and oxygen atoms in total. The maximum absolute atomic E-state index is 13.1. The van der Waals surface area contributed by atoms with Gasteiger partial charge in [-0.3, -0.25) is 14.4 Å². The zero-order valence-corrected chi connectivity index (χ0v) is 44.1. The fraction of sp³-hybridized carbons (Fsp3) is 0.860. The molecule has 3 N–H and O–H groups in total. The number of carboxylic acid groups (broad SMARTS) is 1. The number of carboxylic acids is 1. The maximum Gasteiger partial charge on any atom is 0.335 e. The number of aliphatic hydroxyl groups is 2. The number of ether oxygens (including phenoxy) is 5. The molecule has 0 spiro atoms. The molecule has 1 heterocycles. The second-order valence-electron chi connectivity index (χ2n) is 19.6. The summed E-state index contributed by atoms with van der Waals surface area (Å²) in [6.45, 7) is 5.95. The molecular weight excluding hydrogens is 877 g/mol. The standard InChI is InChI=1S/C57H102O12/c1-4-7-10-13-16-19-22-24-25-27-29-31-34-37-40-43-49(58)65-46-48(67-50(59)44-41-38-35-33-30-26-23-20-17-14-11-8-5-2)47-66-57-55(53(62)52(61)54(69-57)56(63)64)68-51(60)45-42-39-36-32-28-21-18-15-12-9-6-3/h20,23-25,48,52-55,57,61-62H,4-19,21-22,26-47H2,1-3H3,(H,63,64)/b23-20-,25-24-. The highest BCUT2D eigenvalue weighted by atomic mass is 16.7. The lowest BCUT2D eigenvalue weighted by molar-refractivity contribution is -0.301. The topological polar surface area (TPSA) is 175 Å². The smallest absolute Gasteiger partial charge is 0.335 e. The van der Waals surface area contributed by atoms with Crippen LogP contribution in [-0.4, -0.2) is 89.2 Å². The van der Waals surface area contributed by atoms with Gasteiger partial charge in [0.25, 0.3) is 0 Å². The summed E-state index contributed by atoms with van der Waals surface area (Å²) in [4.78, 5) is 50.9. The third kappa shape index (κ3) is 36.7. The van der Waals surface area contributed by atoms with Crippen LogP contribution in [0.4, 0.5) is 0 Å². The summed E-state index contributed by atoms with van der Waals surface area (Å²) < 4.78 is 28.3. The van der Waals surface area contributed by atoms with Crippen LogP contribution in [0.2, 0.25) is 0 Å². The van der Waals surface area contributed by atoms with Crippen LogP contribution in [0.5, 0.6) is 0 Å². The largest absolute Gasteiger partial charge is 0.479 e. The first-order valence-electron chi connectivity index (χ1n) is 28.3. The minimum atomic E-state index is -1.90. The molecule has 402 valence electrons. The Morgan fingerprint density at radius 1 is 0.464 bits per heavy atom. The molecule has 6 unspecified atom stereocenters. The number of esters is 3. The Hall–Kier alpha value is -2.80. The van der Waals surface area contributed by atoms with Crippen LogP contribution in [0.3, 0.4) is 0 Å². The van der Waals surface area contributed by atoms with Crippen molar-refractivity contribution in [2.75, 3.05) is 13.2 Å². The molecule has 12 heteroatoms. The van der Waals surface area contributed by atoms with Crippen LogP contribution >= 0.6 is 0 Å². The molecule has 0 aromatic heterocycles. The first-order chi connectivity index (χ1) is 33.6. The van der Waals surface area contributed by atoms with Crippen LogP contribution in [0.25, 0.3) is 0 Å². The van der Waals surface area contributed by atoms with Gasteiger partial charge in [0.15, 0.2) is 24.6 Å². The van der Waals surface area contributed by atoms with E-state index in [4.69, 9.17) is 23.7 Å². The van der Waals surface area contributed by atoms with Gasteiger partial charge in [0, 0.05) is 19.3 Å². The number of aliphatic carboxylic acids is 1. The number of hydrogen-bond acceptors (Lipinski definition) is 11. The Balaban J connectivity index is 2.71. The normalized spacial score (nSPS) is 18.8. The van der Waals surface area contributed by atoms with Gasteiger partial charge in [-0.25, -0.2) is 4.79 Å². The van der Waals surface area contributed by atoms with Gasteiger partial charge in [-0.15, -0.1) is 0 Å². The minimum absolute atomic E-state index is 0.0640. The number of rotatable bonds is 48. The number of hydrogen-bond donors (Lipinski definition) is 3.